The normalized spacial score (nSPS) is 14.0. The zero-order valence-corrected chi connectivity index (χ0v) is 19.0. The number of methoxy groups -OCH3 is 1. The molecule has 0 aromatic heterocycles. The zero-order chi connectivity index (χ0) is 24.6. The van der Waals surface area contributed by atoms with E-state index < -0.39 is 12.8 Å². The maximum absolute atomic E-state index is 12.4. The average molecular weight is 479 g/mol. The summed E-state index contributed by atoms with van der Waals surface area (Å²) in [7, 11) is 1.34. The Bertz CT molecular complexity index is 988. The number of carbonyl (C=O) groups is 2. The molecule has 2 N–H and O–H groups in total. The Morgan fingerprint density at radius 1 is 1.03 bits per heavy atom. The molecule has 0 bridgehead atoms. The minimum atomic E-state index is -4.44. The molecule has 9 heteroatoms. The lowest BCUT2D eigenvalue weighted by molar-refractivity contribution is -0.153. The van der Waals surface area contributed by atoms with E-state index in [2.05, 4.69) is 10.6 Å². The number of ether oxygens (including phenoxy) is 2. The van der Waals surface area contributed by atoms with E-state index in [0.29, 0.717) is 18.7 Å². The summed E-state index contributed by atoms with van der Waals surface area (Å²) in [6.07, 6.45) is 0.180. The van der Waals surface area contributed by atoms with E-state index in [0.717, 1.165) is 36.8 Å². The van der Waals surface area contributed by atoms with Crippen LogP contribution in [0.3, 0.4) is 0 Å². The van der Waals surface area contributed by atoms with Gasteiger partial charge in [0.25, 0.3) is 0 Å². The molecule has 1 aliphatic rings. The fourth-order valence-corrected chi connectivity index (χ4v) is 3.88. The zero-order valence-electron chi connectivity index (χ0n) is 19.0. The number of carbonyl (C=O) groups excluding carboxylic acids is 2. The second-order valence-electron chi connectivity index (χ2n) is 8.34. The van der Waals surface area contributed by atoms with Crippen LogP contribution < -0.4 is 20.1 Å². The van der Waals surface area contributed by atoms with Crippen LogP contribution in [-0.2, 0) is 22.6 Å². The number of halogens is 3. The Kier molecular flexibility index (Phi) is 8.79. The summed E-state index contributed by atoms with van der Waals surface area (Å²) in [4.78, 5) is 24.6. The minimum absolute atomic E-state index is 0.00655. The first kappa shape index (κ1) is 25.4. The SMILES string of the molecule is COc1cc(CCC(=O)NCc2cccc(NC(=O)C3CCCC3)c2)ccc1OCC(F)(F)F. The van der Waals surface area contributed by atoms with Crippen molar-refractivity contribution in [3.8, 4) is 11.5 Å². The number of rotatable bonds is 10. The minimum Gasteiger partial charge on any atom is -0.493 e. The van der Waals surface area contributed by atoms with Crippen LogP contribution in [0.15, 0.2) is 42.5 Å². The van der Waals surface area contributed by atoms with Crippen molar-refractivity contribution < 1.29 is 32.2 Å². The lowest BCUT2D eigenvalue weighted by Gasteiger charge is -2.13. The molecule has 6 nitrogen and oxygen atoms in total. The maximum Gasteiger partial charge on any atom is 0.422 e. The third-order valence-electron chi connectivity index (χ3n) is 5.67. The molecular formula is C25H29F3N2O4. The van der Waals surface area contributed by atoms with Crippen molar-refractivity contribution in [1.82, 2.24) is 5.32 Å². The fraction of sp³-hybridized carbons (Fsp3) is 0.440. The lowest BCUT2D eigenvalue weighted by atomic mass is 10.1. The molecular weight excluding hydrogens is 449 g/mol. The largest absolute Gasteiger partial charge is 0.493 e. The summed E-state index contributed by atoms with van der Waals surface area (Å²) in [5.74, 6) is 0.125. The molecule has 2 aromatic carbocycles. The highest BCUT2D eigenvalue weighted by Gasteiger charge is 2.29. The van der Waals surface area contributed by atoms with Crippen molar-refractivity contribution in [3.05, 3.63) is 53.6 Å². The first-order chi connectivity index (χ1) is 16.2. The second-order valence-corrected chi connectivity index (χ2v) is 8.34. The van der Waals surface area contributed by atoms with E-state index in [1.165, 1.54) is 13.2 Å². The van der Waals surface area contributed by atoms with Gasteiger partial charge in [-0.2, -0.15) is 13.2 Å². The van der Waals surface area contributed by atoms with Crippen LogP contribution in [0.2, 0.25) is 0 Å². The van der Waals surface area contributed by atoms with Crippen molar-refractivity contribution in [1.29, 1.82) is 0 Å². The third kappa shape index (κ3) is 7.97. The smallest absolute Gasteiger partial charge is 0.422 e. The Morgan fingerprint density at radius 2 is 1.79 bits per heavy atom. The van der Waals surface area contributed by atoms with E-state index in [4.69, 9.17) is 9.47 Å². The number of anilines is 1. The summed E-state index contributed by atoms with van der Waals surface area (Å²) in [6.45, 7) is -1.09. The van der Waals surface area contributed by atoms with Crippen LogP contribution in [0.4, 0.5) is 18.9 Å². The highest BCUT2D eigenvalue weighted by molar-refractivity contribution is 5.92. The molecule has 0 spiro atoms. The molecule has 2 amide bonds. The van der Waals surface area contributed by atoms with Crippen LogP contribution in [0, 0.1) is 5.92 Å². The number of hydrogen-bond acceptors (Lipinski definition) is 4. The molecule has 1 fully saturated rings. The van der Waals surface area contributed by atoms with Crippen molar-refractivity contribution in [2.45, 2.75) is 51.2 Å². The number of aryl methyl sites for hydroxylation is 1. The molecule has 184 valence electrons. The van der Waals surface area contributed by atoms with Crippen LogP contribution in [0.5, 0.6) is 11.5 Å². The molecule has 3 rings (SSSR count). The average Bonchev–Trinajstić information content (AvgIpc) is 3.35. The Morgan fingerprint density at radius 3 is 2.50 bits per heavy atom. The molecule has 0 aliphatic heterocycles. The van der Waals surface area contributed by atoms with Gasteiger partial charge in [-0.1, -0.05) is 31.0 Å². The van der Waals surface area contributed by atoms with Crippen LogP contribution in [0.25, 0.3) is 0 Å². The topological polar surface area (TPSA) is 76.7 Å². The summed E-state index contributed by atoms with van der Waals surface area (Å²) in [5.41, 5.74) is 2.32. The van der Waals surface area contributed by atoms with Gasteiger partial charge in [0.2, 0.25) is 11.8 Å². The lowest BCUT2D eigenvalue weighted by Crippen LogP contribution is -2.23. The van der Waals surface area contributed by atoms with E-state index in [9.17, 15) is 22.8 Å². The van der Waals surface area contributed by atoms with Crippen molar-refractivity contribution >= 4 is 17.5 Å². The van der Waals surface area contributed by atoms with E-state index in [1.807, 2.05) is 24.3 Å². The first-order valence-corrected chi connectivity index (χ1v) is 11.3. The summed E-state index contributed by atoms with van der Waals surface area (Å²) < 4.78 is 47.0. The van der Waals surface area contributed by atoms with Crippen molar-refractivity contribution in [2.75, 3.05) is 19.0 Å². The van der Waals surface area contributed by atoms with Crippen molar-refractivity contribution in [2.24, 2.45) is 5.92 Å². The number of nitrogens with one attached hydrogen (secondary N) is 2. The number of hydrogen-bond donors (Lipinski definition) is 2. The molecule has 0 radical (unpaired) electrons. The summed E-state index contributed by atoms with van der Waals surface area (Å²) in [5, 5.41) is 5.80. The highest BCUT2D eigenvalue weighted by Crippen LogP contribution is 2.30. The summed E-state index contributed by atoms with van der Waals surface area (Å²) in [6, 6.07) is 12.0. The second kappa shape index (κ2) is 11.8. The van der Waals surface area contributed by atoms with Crippen LogP contribution in [-0.4, -0.2) is 31.7 Å². The van der Waals surface area contributed by atoms with Gasteiger partial charge in [0.05, 0.1) is 7.11 Å². The van der Waals surface area contributed by atoms with Crippen LogP contribution >= 0.6 is 0 Å². The summed E-state index contributed by atoms with van der Waals surface area (Å²) >= 11 is 0. The number of alkyl halides is 3. The highest BCUT2D eigenvalue weighted by atomic mass is 19.4. The Hall–Kier alpha value is -3.23. The predicted molar refractivity (Wildman–Crippen MR) is 122 cm³/mol. The van der Waals surface area contributed by atoms with E-state index in [1.54, 1.807) is 12.1 Å². The van der Waals surface area contributed by atoms with Gasteiger partial charge in [-0.15, -0.1) is 0 Å². The number of benzene rings is 2. The van der Waals surface area contributed by atoms with E-state index in [-0.39, 0.29) is 35.7 Å². The van der Waals surface area contributed by atoms with Crippen LogP contribution in [0.1, 0.15) is 43.2 Å². The molecule has 0 saturated heterocycles. The Balaban J connectivity index is 1.46. The molecule has 1 saturated carbocycles. The third-order valence-corrected chi connectivity index (χ3v) is 5.67. The standard InChI is InChI=1S/C25H29F3N2O4/c1-33-22-14-17(9-11-21(22)34-16-25(26,27)28)10-12-23(31)29-15-18-5-4-8-20(13-18)30-24(32)19-6-2-3-7-19/h4-5,8-9,11,13-14,19H,2-3,6-7,10,12,15-16H2,1H3,(H,29,31)(H,30,32). The molecule has 2 aromatic rings. The molecule has 0 atom stereocenters. The van der Waals surface area contributed by atoms with Gasteiger partial charge in [0, 0.05) is 24.6 Å². The molecule has 1 aliphatic carbocycles. The van der Waals surface area contributed by atoms with Gasteiger partial charge in [-0.3, -0.25) is 9.59 Å². The van der Waals surface area contributed by atoms with Gasteiger partial charge in [0.1, 0.15) is 0 Å². The van der Waals surface area contributed by atoms with Gasteiger partial charge >= 0.3 is 6.18 Å². The monoisotopic (exact) mass is 478 g/mol. The quantitative estimate of drug-likeness (QED) is 0.503. The Labute approximate surface area is 196 Å². The molecule has 0 unspecified atom stereocenters. The van der Waals surface area contributed by atoms with Gasteiger partial charge in [-0.25, -0.2) is 0 Å². The van der Waals surface area contributed by atoms with Gasteiger partial charge in [0.15, 0.2) is 18.1 Å². The maximum atomic E-state index is 12.4. The number of amides is 2. The predicted octanol–water partition coefficient (Wildman–Crippen LogP) is 5.01. The fourth-order valence-electron chi connectivity index (χ4n) is 3.88. The molecule has 0 heterocycles. The molecule has 34 heavy (non-hydrogen) atoms. The first-order valence-electron chi connectivity index (χ1n) is 11.3. The van der Waals surface area contributed by atoms with E-state index >= 15 is 0 Å². The van der Waals surface area contributed by atoms with Gasteiger partial charge < -0.3 is 20.1 Å². The van der Waals surface area contributed by atoms with Crippen molar-refractivity contribution in [3.63, 3.8) is 0 Å². The van der Waals surface area contributed by atoms with Gasteiger partial charge in [-0.05, 0) is 54.7 Å².